The number of aryl methyl sites for hydroxylation is 1. The van der Waals surface area contributed by atoms with Crippen molar-refractivity contribution in [3.8, 4) is 6.07 Å². The summed E-state index contributed by atoms with van der Waals surface area (Å²) in [5.74, 6) is 0.754. The van der Waals surface area contributed by atoms with Gasteiger partial charge in [-0.25, -0.2) is 9.97 Å². The summed E-state index contributed by atoms with van der Waals surface area (Å²) in [6.07, 6.45) is 5.20. The lowest BCUT2D eigenvalue weighted by molar-refractivity contribution is 0.101. The molecule has 1 aromatic carbocycles. The van der Waals surface area contributed by atoms with Crippen LogP contribution in [0, 0.1) is 18.3 Å². The molecule has 126 valence electrons. The van der Waals surface area contributed by atoms with Crippen molar-refractivity contribution in [2.45, 2.75) is 33.1 Å². The van der Waals surface area contributed by atoms with Crippen LogP contribution in [0.5, 0.6) is 0 Å². The Kier molecular flexibility index (Phi) is 3.65. The molecule has 0 amide bonds. The van der Waals surface area contributed by atoms with E-state index >= 15 is 0 Å². The standard InChI is InChI=1S/C19H19N5O/c1-12-8-15(13(2)25)17-16(9-12)18-21-14(10-20)11-24(18)19(22-17)23-6-4-3-5-7-23/h8-9,11H,3-7H2,1-2H3. The second-order valence-electron chi connectivity index (χ2n) is 6.66. The van der Waals surface area contributed by atoms with Crippen molar-refractivity contribution >= 4 is 28.3 Å². The first-order chi connectivity index (χ1) is 12.1. The molecule has 0 radical (unpaired) electrons. The number of hydrogen-bond donors (Lipinski definition) is 0. The molecular formula is C19H19N5O. The molecule has 1 fully saturated rings. The van der Waals surface area contributed by atoms with Gasteiger partial charge in [0.05, 0.1) is 11.7 Å². The summed E-state index contributed by atoms with van der Waals surface area (Å²) in [6, 6.07) is 5.98. The molecule has 25 heavy (non-hydrogen) atoms. The number of Topliss-reactive ketones (excluding diaryl/α,β-unsaturated/α-hetero) is 1. The summed E-state index contributed by atoms with van der Waals surface area (Å²) in [7, 11) is 0. The monoisotopic (exact) mass is 333 g/mol. The molecule has 1 saturated heterocycles. The van der Waals surface area contributed by atoms with Gasteiger partial charge in [0.15, 0.2) is 17.1 Å². The lowest BCUT2D eigenvalue weighted by atomic mass is 10.0. The van der Waals surface area contributed by atoms with Gasteiger partial charge in [-0.05, 0) is 50.8 Å². The number of hydrogen-bond acceptors (Lipinski definition) is 5. The van der Waals surface area contributed by atoms with Crippen LogP contribution in [-0.4, -0.2) is 33.2 Å². The largest absolute Gasteiger partial charge is 0.342 e. The summed E-state index contributed by atoms with van der Waals surface area (Å²) >= 11 is 0. The van der Waals surface area contributed by atoms with Crippen LogP contribution in [0.15, 0.2) is 18.3 Å². The normalized spacial score (nSPS) is 14.8. The minimum atomic E-state index is -0.0118. The summed E-state index contributed by atoms with van der Waals surface area (Å²) in [6.45, 7) is 5.37. The number of rotatable bonds is 2. The highest BCUT2D eigenvalue weighted by atomic mass is 16.1. The number of carbonyl (C=O) groups is 1. The van der Waals surface area contributed by atoms with Crippen LogP contribution >= 0.6 is 0 Å². The number of piperidine rings is 1. The molecule has 0 aliphatic carbocycles. The third-order valence-corrected chi connectivity index (χ3v) is 4.76. The molecule has 0 atom stereocenters. The molecule has 6 nitrogen and oxygen atoms in total. The van der Waals surface area contributed by atoms with Crippen LogP contribution in [0.4, 0.5) is 5.95 Å². The Bertz CT molecular complexity index is 1040. The molecule has 3 heterocycles. The van der Waals surface area contributed by atoms with Gasteiger partial charge in [0.2, 0.25) is 5.95 Å². The Hall–Kier alpha value is -2.94. The van der Waals surface area contributed by atoms with Crippen molar-refractivity contribution in [3.05, 3.63) is 35.2 Å². The van der Waals surface area contributed by atoms with E-state index in [0.717, 1.165) is 42.8 Å². The zero-order valence-corrected chi connectivity index (χ0v) is 14.4. The van der Waals surface area contributed by atoms with Crippen LogP contribution < -0.4 is 4.90 Å². The maximum atomic E-state index is 12.2. The van der Waals surface area contributed by atoms with Crippen LogP contribution in [0.2, 0.25) is 0 Å². The van der Waals surface area contributed by atoms with Gasteiger partial charge in [0, 0.05) is 24.0 Å². The van der Waals surface area contributed by atoms with Gasteiger partial charge in [0.25, 0.3) is 0 Å². The Labute approximate surface area is 145 Å². The van der Waals surface area contributed by atoms with Gasteiger partial charge in [-0.1, -0.05) is 0 Å². The maximum Gasteiger partial charge on any atom is 0.211 e. The number of carbonyl (C=O) groups excluding carboxylic acids is 1. The highest BCUT2D eigenvalue weighted by molar-refractivity contribution is 6.09. The van der Waals surface area contributed by atoms with Crippen molar-refractivity contribution in [3.63, 3.8) is 0 Å². The Balaban J connectivity index is 2.10. The molecule has 4 rings (SSSR count). The summed E-state index contributed by atoms with van der Waals surface area (Å²) in [5.41, 5.74) is 3.30. The summed E-state index contributed by atoms with van der Waals surface area (Å²) < 4.78 is 1.90. The van der Waals surface area contributed by atoms with E-state index in [0.29, 0.717) is 22.4 Å². The molecule has 0 saturated carbocycles. The molecule has 0 unspecified atom stereocenters. The van der Waals surface area contributed by atoms with Crippen molar-refractivity contribution in [2.24, 2.45) is 0 Å². The van der Waals surface area contributed by atoms with Crippen LogP contribution in [0.25, 0.3) is 16.6 Å². The van der Waals surface area contributed by atoms with Crippen LogP contribution in [-0.2, 0) is 0 Å². The highest BCUT2D eigenvalue weighted by Gasteiger charge is 2.21. The first kappa shape index (κ1) is 15.6. The van der Waals surface area contributed by atoms with E-state index in [1.165, 1.54) is 6.42 Å². The lowest BCUT2D eigenvalue weighted by Crippen LogP contribution is -2.31. The smallest absolute Gasteiger partial charge is 0.211 e. The lowest BCUT2D eigenvalue weighted by Gasteiger charge is -2.28. The Morgan fingerprint density at radius 1 is 1.20 bits per heavy atom. The SMILES string of the molecule is CC(=O)c1cc(C)cc2c1nc(N1CCCCC1)n1cc(C#N)nc21. The van der Waals surface area contributed by atoms with Gasteiger partial charge < -0.3 is 4.90 Å². The molecule has 1 aliphatic rings. The van der Waals surface area contributed by atoms with Crippen molar-refractivity contribution in [2.75, 3.05) is 18.0 Å². The van der Waals surface area contributed by atoms with E-state index < -0.39 is 0 Å². The molecule has 0 N–H and O–H groups in total. The van der Waals surface area contributed by atoms with E-state index in [4.69, 9.17) is 4.98 Å². The van der Waals surface area contributed by atoms with E-state index in [9.17, 15) is 10.1 Å². The average molecular weight is 333 g/mol. The number of nitrogens with zero attached hydrogens (tertiary/aromatic N) is 5. The Morgan fingerprint density at radius 3 is 2.64 bits per heavy atom. The number of ketones is 1. The second kappa shape index (κ2) is 5.85. The fraction of sp³-hybridized carbons (Fsp3) is 0.368. The second-order valence-corrected chi connectivity index (χ2v) is 6.66. The molecular weight excluding hydrogens is 314 g/mol. The minimum Gasteiger partial charge on any atom is -0.342 e. The topological polar surface area (TPSA) is 74.3 Å². The highest BCUT2D eigenvalue weighted by Crippen LogP contribution is 2.29. The van der Waals surface area contributed by atoms with Crippen molar-refractivity contribution < 1.29 is 4.79 Å². The van der Waals surface area contributed by atoms with E-state index in [1.807, 2.05) is 23.5 Å². The molecule has 1 aliphatic heterocycles. The Morgan fingerprint density at radius 2 is 1.96 bits per heavy atom. The molecule has 6 heteroatoms. The number of anilines is 1. The average Bonchev–Trinajstić information content (AvgIpc) is 3.06. The molecule has 2 aromatic heterocycles. The fourth-order valence-corrected chi connectivity index (χ4v) is 3.59. The third kappa shape index (κ3) is 2.52. The third-order valence-electron chi connectivity index (χ3n) is 4.76. The van der Waals surface area contributed by atoms with E-state index in [1.54, 1.807) is 13.1 Å². The van der Waals surface area contributed by atoms with Crippen molar-refractivity contribution in [1.29, 1.82) is 5.26 Å². The number of benzene rings is 1. The maximum absolute atomic E-state index is 12.2. The van der Waals surface area contributed by atoms with Gasteiger partial charge in [-0.15, -0.1) is 0 Å². The first-order valence-electron chi connectivity index (χ1n) is 8.58. The van der Waals surface area contributed by atoms with Gasteiger partial charge in [-0.2, -0.15) is 5.26 Å². The van der Waals surface area contributed by atoms with Crippen LogP contribution in [0.1, 0.15) is 47.8 Å². The minimum absolute atomic E-state index is 0.0118. The number of nitriles is 1. The van der Waals surface area contributed by atoms with E-state index in [2.05, 4.69) is 16.0 Å². The number of fused-ring (bicyclic) bond motifs is 3. The van der Waals surface area contributed by atoms with Crippen molar-refractivity contribution in [1.82, 2.24) is 14.4 Å². The molecule has 0 spiro atoms. The predicted molar refractivity (Wildman–Crippen MR) is 96.0 cm³/mol. The van der Waals surface area contributed by atoms with Gasteiger partial charge >= 0.3 is 0 Å². The van der Waals surface area contributed by atoms with Gasteiger partial charge in [-0.3, -0.25) is 9.20 Å². The molecule has 3 aromatic rings. The first-order valence-corrected chi connectivity index (χ1v) is 8.58. The molecule has 0 bridgehead atoms. The zero-order chi connectivity index (χ0) is 17.6. The zero-order valence-electron chi connectivity index (χ0n) is 14.4. The predicted octanol–water partition coefficient (Wildman–Crippen LogP) is 3.26. The van der Waals surface area contributed by atoms with Crippen LogP contribution in [0.3, 0.4) is 0 Å². The number of imidazole rings is 1. The quantitative estimate of drug-likeness (QED) is 0.673. The van der Waals surface area contributed by atoms with E-state index in [-0.39, 0.29) is 5.78 Å². The summed E-state index contributed by atoms with van der Waals surface area (Å²) in [5, 5.41) is 10.1. The summed E-state index contributed by atoms with van der Waals surface area (Å²) in [4.78, 5) is 23.7. The fourth-order valence-electron chi connectivity index (χ4n) is 3.59. The van der Waals surface area contributed by atoms with Gasteiger partial charge in [0.1, 0.15) is 6.07 Å². The number of aromatic nitrogens is 3.